The first-order valence-electron chi connectivity index (χ1n) is 7.23. The van der Waals surface area contributed by atoms with E-state index < -0.39 is 11.6 Å². The van der Waals surface area contributed by atoms with Gasteiger partial charge >= 0.3 is 11.6 Å². The highest BCUT2D eigenvalue weighted by Crippen LogP contribution is 2.31. The first kappa shape index (κ1) is 15.6. The summed E-state index contributed by atoms with van der Waals surface area (Å²) < 4.78 is 10.3. The van der Waals surface area contributed by atoms with Crippen LogP contribution in [0.2, 0.25) is 0 Å². The van der Waals surface area contributed by atoms with Gasteiger partial charge in [-0.15, -0.1) is 0 Å². The number of nitrogens with two attached hydrogens (primary N) is 1. The highest BCUT2D eigenvalue weighted by Gasteiger charge is 2.23. The number of anilines is 1. The lowest BCUT2D eigenvalue weighted by Gasteiger charge is -2.12. The van der Waals surface area contributed by atoms with Gasteiger partial charge in [0.2, 0.25) is 0 Å². The Balaban J connectivity index is 2.50. The van der Waals surface area contributed by atoms with E-state index in [1.54, 1.807) is 36.4 Å². The van der Waals surface area contributed by atoms with Crippen molar-refractivity contribution in [1.29, 1.82) is 0 Å². The minimum absolute atomic E-state index is 0.148. The molecule has 0 aliphatic carbocycles. The van der Waals surface area contributed by atoms with Gasteiger partial charge in [-0.2, -0.15) is 0 Å². The second-order valence-electron chi connectivity index (χ2n) is 5.18. The molecular weight excluding hydrogens is 306 g/mol. The van der Waals surface area contributed by atoms with Crippen LogP contribution in [0.5, 0.6) is 0 Å². The average Bonchev–Trinajstić information content (AvgIpc) is 2.59. The van der Waals surface area contributed by atoms with E-state index in [0.717, 1.165) is 0 Å². The molecule has 5 nitrogen and oxygen atoms in total. The van der Waals surface area contributed by atoms with Crippen LogP contribution in [0.15, 0.2) is 58.3 Å². The van der Waals surface area contributed by atoms with Gasteiger partial charge in [0.1, 0.15) is 5.58 Å². The predicted octanol–water partition coefficient (Wildman–Crippen LogP) is 3.47. The molecule has 1 heterocycles. The Hall–Kier alpha value is -3.34. The number of nitrogen functional groups attached to an aromatic ring is 1. The minimum Gasteiger partial charge on any atom is -0.465 e. The van der Waals surface area contributed by atoms with Crippen LogP contribution >= 0.6 is 0 Å². The molecule has 0 saturated carbocycles. The molecule has 0 saturated heterocycles. The molecule has 1 aromatic heterocycles. The van der Waals surface area contributed by atoms with Crippen LogP contribution in [0, 0.1) is 0 Å². The zero-order chi connectivity index (χ0) is 17.3. The van der Waals surface area contributed by atoms with Gasteiger partial charge in [0.25, 0.3) is 0 Å². The van der Waals surface area contributed by atoms with E-state index in [9.17, 15) is 9.59 Å². The van der Waals surface area contributed by atoms with Gasteiger partial charge in [-0.3, -0.25) is 0 Å². The van der Waals surface area contributed by atoms with E-state index in [4.69, 9.17) is 14.9 Å². The number of methoxy groups -OCH3 is 1. The molecule has 2 N–H and O–H groups in total. The number of carbonyl (C=O) groups excluding carboxylic acids is 1. The molecular formula is C19H15NO4. The third-order valence-electron chi connectivity index (χ3n) is 3.77. The summed E-state index contributed by atoms with van der Waals surface area (Å²) in [5.41, 5.74) is 7.33. The average molecular weight is 321 g/mol. The second-order valence-corrected chi connectivity index (χ2v) is 5.18. The van der Waals surface area contributed by atoms with Crippen LogP contribution in [0.25, 0.3) is 28.2 Å². The van der Waals surface area contributed by atoms with Gasteiger partial charge in [0.15, 0.2) is 0 Å². The van der Waals surface area contributed by atoms with Crippen molar-refractivity contribution in [2.24, 2.45) is 0 Å². The molecule has 5 heteroatoms. The summed E-state index contributed by atoms with van der Waals surface area (Å²) in [7, 11) is 1.27. The third-order valence-corrected chi connectivity index (χ3v) is 3.77. The molecule has 0 amide bonds. The molecule has 0 atom stereocenters. The van der Waals surface area contributed by atoms with Crippen LogP contribution in [-0.2, 0) is 4.74 Å². The van der Waals surface area contributed by atoms with Gasteiger partial charge in [-0.05, 0) is 23.3 Å². The molecule has 0 spiro atoms. The fourth-order valence-electron chi connectivity index (χ4n) is 2.68. The summed E-state index contributed by atoms with van der Waals surface area (Å²) in [4.78, 5) is 25.0. The smallest absolute Gasteiger partial charge is 0.345 e. The van der Waals surface area contributed by atoms with Crippen molar-refractivity contribution < 1.29 is 13.9 Å². The van der Waals surface area contributed by atoms with Gasteiger partial charge in [-0.1, -0.05) is 36.9 Å². The zero-order valence-corrected chi connectivity index (χ0v) is 13.0. The maximum atomic E-state index is 12.6. The molecule has 0 bridgehead atoms. The standard InChI is InChI=1S/C19H15NO4/c1-3-11-6-4-5-7-13(11)16-17(18(21)23-2)14-9-8-12(20)10-15(14)24-19(16)22/h3-10H,1,20H2,2H3. The number of hydrogen-bond acceptors (Lipinski definition) is 5. The fourth-order valence-corrected chi connectivity index (χ4v) is 2.68. The summed E-state index contributed by atoms with van der Waals surface area (Å²) in [5, 5.41) is 0.463. The SMILES string of the molecule is C=Cc1ccccc1-c1c(C(=O)OC)c2ccc(N)cc2oc1=O. The highest BCUT2D eigenvalue weighted by molar-refractivity contribution is 6.09. The lowest BCUT2D eigenvalue weighted by molar-refractivity contribution is 0.0603. The zero-order valence-electron chi connectivity index (χ0n) is 13.0. The number of esters is 1. The van der Waals surface area contributed by atoms with Crippen molar-refractivity contribution in [2.75, 3.05) is 12.8 Å². The summed E-state index contributed by atoms with van der Waals surface area (Å²) in [6.45, 7) is 3.75. The van der Waals surface area contributed by atoms with Crippen LogP contribution in [-0.4, -0.2) is 13.1 Å². The third kappa shape index (κ3) is 2.46. The van der Waals surface area contributed by atoms with E-state index in [0.29, 0.717) is 22.2 Å². The molecule has 0 aliphatic heterocycles. The van der Waals surface area contributed by atoms with Crippen molar-refractivity contribution in [3.05, 3.63) is 70.6 Å². The largest absolute Gasteiger partial charge is 0.465 e. The van der Waals surface area contributed by atoms with Crippen LogP contribution < -0.4 is 11.4 Å². The molecule has 24 heavy (non-hydrogen) atoms. The van der Waals surface area contributed by atoms with Crippen molar-refractivity contribution >= 4 is 28.7 Å². The number of fused-ring (bicyclic) bond motifs is 1. The predicted molar refractivity (Wildman–Crippen MR) is 93.8 cm³/mol. The molecule has 0 aliphatic rings. The Bertz CT molecular complexity index is 1020. The maximum absolute atomic E-state index is 12.6. The molecule has 0 fully saturated rings. The number of ether oxygens (including phenoxy) is 1. The Morgan fingerprint density at radius 3 is 2.71 bits per heavy atom. The van der Waals surface area contributed by atoms with Crippen molar-refractivity contribution in [1.82, 2.24) is 0 Å². The molecule has 0 unspecified atom stereocenters. The van der Waals surface area contributed by atoms with Gasteiger partial charge in [-0.25, -0.2) is 9.59 Å². The second kappa shape index (κ2) is 6.04. The number of benzene rings is 2. The van der Waals surface area contributed by atoms with E-state index in [1.807, 2.05) is 6.07 Å². The monoisotopic (exact) mass is 321 g/mol. The summed E-state index contributed by atoms with van der Waals surface area (Å²) >= 11 is 0. The number of rotatable bonds is 3. The Kier molecular flexibility index (Phi) is 3.92. The van der Waals surface area contributed by atoms with Crippen LogP contribution in [0.1, 0.15) is 15.9 Å². The van der Waals surface area contributed by atoms with Gasteiger partial charge in [0.05, 0.1) is 18.2 Å². The van der Waals surface area contributed by atoms with E-state index in [2.05, 4.69) is 6.58 Å². The lowest BCUT2D eigenvalue weighted by Crippen LogP contribution is -2.14. The van der Waals surface area contributed by atoms with E-state index in [-0.39, 0.29) is 16.7 Å². The van der Waals surface area contributed by atoms with Crippen LogP contribution in [0.4, 0.5) is 5.69 Å². The maximum Gasteiger partial charge on any atom is 0.345 e. The quantitative estimate of drug-likeness (QED) is 0.454. The lowest BCUT2D eigenvalue weighted by atomic mass is 9.94. The van der Waals surface area contributed by atoms with Crippen molar-refractivity contribution in [3.8, 4) is 11.1 Å². The summed E-state index contributed by atoms with van der Waals surface area (Å²) in [6.07, 6.45) is 1.61. The summed E-state index contributed by atoms with van der Waals surface area (Å²) in [5.74, 6) is -0.619. The minimum atomic E-state index is -0.636. The normalized spacial score (nSPS) is 10.5. The number of carbonyl (C=O) groups is 1. The summed E-state index contributed by atoms with van der Waals surface area (Å²) in [6, 6.07) is 11.9. The van der Waals surface area contributed by atoms with Crippen LogP contribution in [0.3, 0.4) is 0 Å². The Morgan fingerprint density at radius 2 is 2.00 bits per heavy atom. The Labute approximate surface area is 138 Å². The van der Waals surface area contributed by atoms with Gasteiger partial charge in [0, 0.05) is 17.1 Å². The first-order chi connectivity index (χ1) is 11.6. The molecule has 3 rings (SSSR count). The molecule has 2 aromatic carbocycles. The molecule has 0 radical (unpaired) electrons. The van der Waals surface area contributed by atoms with Crippen molar-refractivity contribution in [2.45, 2.75) is 0 Å². The highest BCUT2D eigenvalue weighted by atomic mass is 16.5. The fraction of sp³-hybridized carbons (Fsp3) is 0.0526. The molecule has 120 valence electrons. The van der Waals surface area contributed by atoms with Gasteiger partial charge < -0.3 is 14.9 Å². The Morgan fingerprint density at radius 1 is 1.25 bits per heavy atom. The van der Waals surface area contributed by atoms with E-state index >= 15 is 0 Å². The molecule has 3 aromatic rings. The number of hydrogen-bond donors (Lipinski definition) is 1. The van der Waals surface area contributed by atoms with Crippen molar-refractivity contribution in [3.63, 3.8) is 0 Å². The van der Waals surface area contributed by atoms with E-state index in [1.165, 1.54) is 13.2 Å². The topological polar surface area (TPSA) is 82.5 Å². The first-order valence-corrected chi connectivity index (χ1v) is 7.23.